The zero-order valence-electron chi connectivity index (χ0n) is 12.1. The molecule has 0 saturated heterocycles. The second-order valence-electron chi connectivity index (χ2n) is 5.11. The van der Waals surface area contributed by atoms with E-state index in [4.69, 9.17) is 14.7 Å². The van der Waals surface area contributed by atoms with Crippen LogP contribution in [-0.4, -0.2) is 19.8 Å². The minimum absolute atomic E-state index is 0.0398. The van der Waals surface area contributed by atoms with Crippen molar-refractivity contribution in [3.8, 4) is 17.6 Å². The van der Waals surface area contributed by atoms with Gasteiger partial charge in [-0.25, -0.2) is 4.39 Å². The Balaban J connectivity index is 1.77. The van der Waals surface area contributed by atoms with Gasteiger partial charge in [0.15, 0.2) is 11.5 Å². The number of para-hydroxylation sites is 1. The minimum atomic E-state index is -0.435. The maximum Gasteiger partial charge on any atom is 0.164 e. The molecule has 0 amide bonds. The molecule has 0 saturated carbocycles. The predicted octanol–water partition coefficient (Wildman–Crippen LogP) is 3.12. The highest BCUT2D eigenvalue weighted by Crippen LogP contribution is 2.35. The van der Waals surface area contributed by atoms with Gasteiger partial charge in [0, 0.05) is 5.56 Å². The van der Waals surface area contributed by atoms with Gasteiger partial charge in [-0.05, 0) is 30.7 Å². The van der Waals surface area contributed by atoms with Gasteiger partial charge < -0.3 is 14.8 Å². The Hall–Kier alpha value is -2.74. The van der Waals surface area contributed by atoms with Crippen LogP contribution in [0.1, 0.15) is 11.1 Å². The number of hydrogen-bond donors (Lipinski definition) is 1. The Bertz CT molecular complexity index is 740. The highest BCUT2D eigenvalue weighted by Gasteiger charge is 2.23. The minimum Gasteiger partial charge on any atom is -0.493 e. The number of fused-ring (bicyclic) bond motifs is 1. The summed E-state index contributed by atoms with van der Waals surface area (Å²) in [5, 5.41) is 11.9. The molecular weight excluding hydrogens is 283 g/mol. The van der Waals surface area contributed by atoms with E-state index < -0.39 is 5.82 Å². The maximum atomic E-state index is 13.9. The standard InChI is InChI=1S/C17H15FN2O2/c1-21-16-4-2-3-12-8-13(10-22-17(12)16)20-15-6-5-11(9-19)7-14(15)18/h2-7,13,20H,8,10H2,1H3. The number of benzene rings is 2. The zero-order valence-corrected chi connectivity index (χ0v) is 12.1. The van der Waals surface area contributed by atoms with Crippen LogP contribution in [0.5, 0.6) is 11.5 Å². The molecule has 0 bridgehead atoms. The third-order valence-corrected chi connectivity index (χ3v) is 3.63. The van der Waals surface area contributed by atoms with Crippen molar-refractivity contribution >= 4 is 5.69 Å². The second kappa shape index (κ2) is 5.94. The number of rotatable bonds is 3. The van der Waals surface area contributed by atoms with E-state index in [2.05, 4.69) is 5.32 Å². The van der Waals surface area contributed by atoms with Crippen LogP contribution in [0.15, 0.2) is 36.4 Å². The fourth-order valence-corrected chi connectivity index (χ4v) is 2.57. The van der Waals surface area contributed by atoms with Crippen LogP contribution >= 0.6 is 0 Å². The Labute approximate surface area is 128 Å². The molecule has 112 valence electrons. The molecular formula is C17H15FN2O2. The lowest BCUT2D eigenvalue weighted by atomic mass is 10.0. The molecule has 1 N–H and O–H groups in total. The Kier molecular flexibility index (Phi) is 3.84. The summed E-state index contributed by atoms with van der Waals surface area (Å²) in [5.41, 5.74) is 1.70. The first-order valence-electron chi connectivity index (χ1n) is 6.96. The van der Waals surface area contributed by atoms with Crippen molar-refractivity contribution in [3.63, 3.8) is 0 Å². The molecule has 0 aromatic heterocycles. The molecule has 1 heterocycles. The highest BCUT2D eigenvalue weighted by molar-refractivity contribution is 5.52. The SMILES string of the molecule is COc1cccc2c1OCC(Nc1ccc(C#N)cc1F)C2. The van der Waals surface area contributed by atoms with E-state index in [1.807, 2.05) is 24.3 Å². The smallest absolute Gasteiger partial charge is 0.164 e. The number of anilines is 1. The topological polar surface area (TPSA) is 54.3 Å². The molecule has 22 heavy (non-hydrogen) atoms. The van der Waals surface area contributed by atoms with Crippen LogP contribution in [0.3, 0.4) is 0 Å². The molecule has 1 aliphatic rings. The van der Waals surface area contributed by atoms with Gasteiger partial charge >= 0.3 is 0 Å². The van der Waals surface area contributed by atoms with Gasteiger partial charge in [0.1, 0.15) is 12.4 Å². The van der Waals surface area contributed by atoms with E-state index in [0.29, 0.717) is 30.0 Å². The summed E-state index contributed by atoms with van der Waals surface area (Å²) in [4.78, 5) is 0. The number of hydrogen-bond acceptors (Lipinski definition) is 4. The summed E-state index contributed by atoms with van der Waals surface area (Å²) in [6, 6.07) is 12.0. The average Bonchev–Trinajstić information content (AvgIpc) is 2.55. The molecule has 0 aliphatic carbocycles. The molecule has 1 aliphatic heterocycles. The highest BCUT2D eigenvalue weighted by atomic mass is 19.1. The van der Waals surface area contributed by atoms with Gasteiger partial charge in [0.2, 0.25) is 0 Å². The third-order valence-electron chi connectivity index (χ3n) is 3.63. The zero-order chi connectivity index (χ0) is 15.5. The number of nitrogens with one attached hydrogen (secondary N) is 1. The summed E-state index contributed by atoms with van der Waals surface area (Å²) in [5.74, 6) is 1.03. The first kappa shape index (κ1) is 14.2. The van der Waals surface area contributed by atoms with Gasteiger partial charge in [0.25, 0.3) is 0 Å². The van der Waals surface area contributed by atoms with Gasteiger partial charge in [0.05, 0.1) is 30.5 Å². The van der Waals surface area contributed by atoms with Crippen molar-refractivity contribution in [2.24, 2.45) is 0 Å². The predicted molar refractivity (Wildman–Crippen MR) is 80.7 cm³/mol. The Morgan fingerprint density at radius 1 is 1.36 bits per heavy atom. The fourth-order valence-electron chi connectivity index (χ4n) is 2.57. The number of methoxy groups -OCH3 is 1. The van der Waals surface area contributed by atoms with E-state index in [0.717, 1.165) is 11.3 Å². The number of nitrogens with zero attached hydrogens (tertiary/aromatic N) is 1. The van der Waals surface area contributed by atoms with Crippen molar-refractivity contribution in [2.75, 3.05) is 19.0 Å². The molecule has 1 atom stereocenters. The number of ether oxygens (including phenoxy) is 2. The van der Waals surface area contributed by atoms with Crippen LogP contribution in [0, 0.1) is 17.1 Å². The van der Waals surface area contributed by atoms with Gasteiger partial charge in [-0.2, -0.15) is 5.26 Å². The van der Waals surface area contributed by atoms with Crippen LogP contribution in [-0.2, 0) is 6.42 Å². The summed E-state index contributed by atoms with van der Waals surface area (Å²) in [7, 11) is 1.61. The Morgan fingerprint density at radius 3 is 2.95 bits per heavy atom. The molecule has 2 aromatic carbocycles. The first-order valence-corrected chi connectivity index (χ1v) is 6.96. The van der Waals surface area contributed by atoms with Gasteiger partial charge in [-0.1, -0.05) is 12.1 Å². The lowest BCUT2D eigenvalue weighted by Gasteiger charge is -2.28. The molecule has 5 heteroatoms. The maximum absolute atomic E-state index is 13.9. The molecule has 0 fully saturated rings. The quantitative estimate of drug-likeness (QED) is 0.946. The van der Waals surface area contributed by atoms with Gasteiger partial charge in [-0.15, -0.1) is 0 Å². The van der Waals surface area contributed by atoms with Crippen LogP contribution < -0.4 is 14.8 Å². The number of nitriles is 1. The molecule has 0 spiro atoms. The largest absolute Gasteiger partial charge is 0.493 e. The lowest BCUT2D eigenvalue weighted by molar-refractivity contribution is 0.256. The van der Waals surface area contributed by atoms with Crippen LogP contribution in [0.4, 0.5) is 10.1 Å². The lowest BCUT2D eigenvalue weighted by Crippen LogP contribution is -2.33. The summed E-state index contributed by atoms with van der Waals surface area (Å²) in [6.07, 6.45) is 0.714. The molecule has 1 unspecified atom stereocenters. The number of halogens is 1. The molecule has 0 radical (unpaired) electrons. The molecule has 3 rings (SSSR count). The summed E-state index contributed by atoms with van der Waals surface area (Å²) >= 11 is 0. The van der Waals surface area contributed by atoms with E-state index >= 15 is 0 Å². The van der Waals surface area contributed by atoms with Crippen LogP contribution in [0.25, 0.3) is 0 Å². The summed E-state index contributed by atoms with van der Waals surface area (Å²) in [6.45, 7) is 0.423. The van der Waals surface area contributed by atoms with E-state index in [1.165, 1.54) is 6.07 Å². The Morgan fingerprint density at radius 2 is 2.23 bits per heavy atom. The fraction of sp³-hybridized carbons (Fsp3) is 0.235. The van der Waals surface area contributed by atoms with E-state index in [9.17, 15) is 4.39 Å². The third kappa shape index (κ3) is 2.68. The van der Waals surface area contributed by atoms with Crippen molar-refractivity contribution in [1.29, 1.82) is 5.26 Å². The van der Waals surface area contributed by atoms with Crippen molar-refractivity contribution in [3.05, 3.63) is 53.3 Å². The molecule has 2 aromatic rings. The summed E-state index contributed by atoms with van der Waals surface area (Å²) < 4.78 is 25.0. The normalized spacial score (nSPS) is 16.1. The van der Waals surface area contributed by atoms with Crippen molar-refractivity contribution < 1.29 is 13.9 Å². The molecule has 4 nitrogen and oxygen atoms in total. The van der Waals surface area contributed by atoms with Gasteiger partial charge in [-0.3, -0.25) is 0 Å². The van der Waals surface area contributed by atoms with Crippen molar-refractivity contribution in [2.45, 2.75) is 12.5 Å². The van der Waals surface area contributed by atoms with E-state index in [1.54, 1.807) is 19.2 Å². The van der Waals surface area contributed by atoms with Crippen molar-refractivity contribution in [1.82, 2.24) is 0 Å². The van der Waals surface area contributed by atoms with E-state index in [-0.39, 0.29) is 6.04 Å². The van der Waals surface area contributed by atoms with Crippen LogP contribution in [0.2, 0.25) is 0 Å². The second-order valence-corrected chi connectivity index (χ2v) is 5.11. The first-order chi connectivity index (χ1) is 10.7. The monoisotopic (exact) mass is 298 g/mol. The average molecular weight is 298 g/mol.